The average Bonchev–Trinajstić information content (AvgIpc) is 3.19. The molecule has 0 aliphatic carbocycles. The van der Waals surface area contributed by atoms with Crippen molar-refractivity contribution in [1.29, 1.82) is 0 Å². The van der Waals surface area contributed by atoms with Crippen molar-refractivity contribution >= 4 is 35.8 Å². The van der Waals surface area contributed by atoms with Crippen LogP contribution in [0.15, 0.2) is 23.3 Å². The second-order valence-electron chi connectivity index (χ2n) is 6.31. The number of aromatic nitrogens is 1. The van der Waals surface area contributed by atoms with Crippen molar-refractivity contribution in [3.05, 3.63) is 23.9 Å². The van der Waals surface area contributed by atoms with Crippen LogP contribution in [0.2, 0.25) is 0 Å². The number of ether oxygens (including phenoxy) is 2. The van der Waals surface area contributed by atoms with E-state index < -0.39 is 11.7 Å². The monoisotopic (exact) mass is 531 g/mol. The third-order valence-electron chi connectivity index (χ3n) is 4.13. The molecule has 29 heavy (non-hydrogen) atoms. The van der Waals surface area contributed by atoms with E-state index in [0.29, 0.717) is 32.3 Å². The van der Waals surface area contributed by atoms with Crippen molar-refractivity contribution in [2.75, 3.05) is 51.8 Å². The molecular weight excluding hydrogens is 502 g/mol. The number of pyridine rings is 1. The van der Waals surface area contributed by atoms with Crippen LogP contribution in [0.5, 0.6) is 0 Å². The normalized spacial score (nSPS) is 17.0. The van der Waals surface area contributed by atoms with Gasteiger partial charge in [0.2, 0.25) is 0 Å². The molecule has 2 rings (SSSR count). The molecule has 1 unspecified atom stereocenters. The van der Waals surface area contributed by atoms with Gasteiger partial charge in [-0.25, -0.2) is 4.98 Å². The summed E-state index contributed by atoms with van der Waals surface area (Å²) in [6.07, 6.45) is 0.0943. The van der Waals surface area contributed by atoms with E-state index in [1.54, 1.807) is 7.05 Å². The predicted octanol–water partition coefficient (Wildman–Crippen LogP) is 2.88. The fourth-order valence-electron chi connectivity index (χ4n) is 2.73. The lowest BCUT2D eigenvalue weighted by Crippen LogP contribution is -2.40. The first-order valence-corrected chi connectivity index (χ1v) is 9.40. The average molecular weight is 531 g/mol. The van der Waals surface area contributed by atoms with E-state index in [1.807, 2.05) is 0 Å². The number of nitrogens with zero attached hydrogens (tertiary/aromatic N) is 2. The molecule has 0 bridgehead atoms. The molecule has 1 saturated heterocycles. The number of aliphatic imine (C=N–C) groups is 1. The van der Waals surface area contributed by atoms with E-state index in [9.17, 15) is 13.2 Å². The van der Waals surface area contributed by atoms with Crippen LogP contribution >= 0.6 is 24.0 Å². The molecule has 0 saturated carbocycles. The van der Waals surface area contributed by atoms with Gasteiger partial charge in [0.25, 0.3) is 0 Å². The molecule has 1 atom stereocenters. The first-order chi connectivity index (χ1) is 13.5. The fraction of sp³-hybridized carbons (Fsp3) is 0.667. The molecule has 11 heteroatoms. The number of hydrogen-bond acceptors (Lipinski definition) is 5. The second kappa shape index (κ2) is 13.8. The van der Waals surface area contributed by atoms with Gasteiger partial charge in [-0.15, -0.1) is 24.0 Å². The maximum absolute atomic E-state index is 12.9. The van der Waals surface area contributed by atoms with Crippen molar-refractivity contribution in [2.24, 2.45) is 4.99 Å². The van der Waals surface area contributed by atoms with Crippen LogP contribution in [-0.4, -0.2) is 63.6 Å². The number of anilines is 1. The van der Waals surface area contributed by atoms with Crippen LogP contribution in [0, 0.1) is 0 Å². The van der Waals surface area contributed by atoms with Gasteiger partial charge in [-0.1, -0.05) is 0 Å². The lowest BCUT2D eigenvalue weighted by molar-refractivity contribution is -0.137. The summed E-state index contributed by atoms with van der Waals surface area (Å²) < 4.78 is 49.8. The van der Waals surface area contributed by atoms with E-state index in [-0.39, 0.29) is 42.4 Å². The SMILES string of the molecule is CN=C(NCCCOCC1CCCO1)NCCNc1ncccc1C(F)(F)F.I. The van der Waals surface area contributed by atoms with Gasteiger partial charge in [0.05, 0.1) is 18.3 Å². The Balaban J connectivity index is 0.00000420. The quantitative estimate of drug-likeness (QED) is 0.187. The summed E-state index contributed by atoms with van der Waals surface area (Å²) in [5.74, 6) is 0.404. The highest BCUT2D eigenvalue weighted by Crippen LogP contribution is 2.33. The summed E-state index contributed by atoms with van der Waals surface area (Å²) in [5.41, 5.74) is -0.777. The molecule has 1 fully saturated rings. The van der Waals surface area contributed by atoms with Gasteiger partial charge < -0.3 is 25.4 Å². The minimum absolute atomic E-state index is 0. The van der Waals surface area contributed by atoms with Crippen LogP contribution < -0.4 is 16.0 Å². The Kier molecular flexibility index (Phi) is 12.2. The number of rotatable bonds is 10. The van der Waals surface area contributed by atoms with Crippen LogP contribution in [0.4, 0.5) is 19.0 Å². The second-order valence-corrected chi connectivity index (χ2v) is 6.31. The maximum Gasteiger partial charge on any atom is 0.419 e. The summed E-state index contributed by atoms with van der Waals surface area (Å²) >= 11 is 0. The highest BCUT2D eigenvalue weighted by molar-refractivity contribution is 14.0. The minimum atomic E-state index is -4.44. The molecule has 0 spiro atoms. The molecule has 0 aromatic carbocycles. The molecule has 1 aromatic rings. The number of guanidine groups is 1. The highest BCUT2D eigenvalue weighted by Gasteiger charge is 2.33. The topological polar surface area (TPSA) is 79.8 Å². The van der Waals surface area contributed by atoms with Gasteiger partial charge in [-0.05, 0) is 31.4 Å². The molecule has 1 aliphatic heterocycles. The van der Waals surface area contributed by atoms with E-state index in [0.717, 1.165) is 31.9 Å². The summed E-state index contributed by atoms with van der Waals surface area (Å²) in [6.45, 7) is 3.42. The summed E-state index contributed by atoms with van der Waals surface area (Å²) in [4.78, 5) is 7.84. The van der Waals surface area contributed by atoms with Gasteiger partial charge >= 0.3 is 6.18 Å². The van der Waals surface area contributed by atoms with Crippen LogP contribution in [0.1, 0.15) is 24.8 Å². The standard InChI is InChI=1S/C18H28F3N5O2.HI/c1-22-17(25-8-4-11-27-13-14-5-3-12-28-14)26-10-9-24-16-15(18(19,20)21)6-2-7-23-16;/h2,6-7,14H,3-5,8-13H2,1H3,(H,23,24)(H2,22,25,26);1H. The number of halogens is 4. The van der Waals surface area contributed by atoms with E-state index in [1.165, 1.54) is 12.3 Å². The highest BCUT2D eigenvalue weighted by atomic mass is 127. The Morgan fingerprint density at radius 1 is 1.31 bits per heavy atom. The zero-order valence-corrected chi connectivity index (χ0v) is 18.8. The van der Waals surface area contributed by atoms with Gasteiger partial charge in [-0.2, -0.15) is 13.2 Å². The minimum Gasteiger partial charge on any atom is -0.379 e. The van der Waals surface area contributed by atoms with Crippen molar-refractivity contribution in [3.8, 4) is 0 Å². The number of alkyl halides is 3. The first kappa shape index (κ1) is 25.7. The van der Waals surface area contributed by atoms with Gasteiger partial charge in [0.1, 0.15) is 5.82 Å². The van der Waals surface area contributed by atoms with Gasteiger partial charge in [-0.3, -0.25) is 4.99 Å². The molecule has 3 N–H and O–H groups in total. The third kappa shape index (κ3) is 9.81. The van der Waals surface area contributed by atoms with Crippen molar-refractivity contribution in [1.82, 2.24) is 15.6 Å². The van der Waals surface area contributed by atoms with E-state index in [4.69, 9.17) is 9.47 Å². The van der Waals surface area contributed by atoms with Crippen LogP contribution in [0.25, 0.3) is 0 Å². The van der Waals surface area contributed by atoms with Crippen LogP contribution in [0.3, 0.4) is 0 Å². The Labute approximate surface area is 186 Å². The summed E-state index contributed by atoms with van der Waals surface area (Å²) in [7, 11) is 1.64. The molecule has 1 aliphatic rings. The molecular formula is C18H29F3IN5O2. The zero-order valence-electron chi connectivity index (χ0n) is 16.4. The zero-order chi connectivity index (χ0) is 20.2. The third-order valence-corrected chi connectivity index (χ3v) is 4.13. The smallest absolute Gasteiger partial charge is 0.379 e. The number of hydrogen-bond donors (Lipinski definition) is 3. The van der Waals surface area contributed by atoms with E-state index in [2.05, 4.69) is 25.9 Å². The van der Waals surface area contributed by atoms with Gasteiger partial charge in [0.15, 0.2) is 5.96 Å². The Morgan fingerprint density at radius 2 is 2.10 bits per heavy atom. The molecule has 1 aromatic heterocycles. The molecule has 2 heterocycles. The Bertz CT molecular complexity index is 613. The Morgan fingerprint density at radius 3 is 2.79 bits per heavy atom. The molecule has 166 valence electrons. The molecule has 7 nitrogen and oxygen atoms in total. The lowest BCUT2D eigenvalue weighted by atomic mass is 10.2. The number of nitrogens with one attached hydrogen (secondary N) is 3. The lowest BCUT2D eigenvalue weighted by Gasteiger charge is -2.15. The summed E-state index contributed by atoms with van der Waals surface area (Å²) in [5, 5.41) is 8.88. The molecule has 0 radical (unpaired) electrons. The van der Waals surface area contributed by atoms with Crippen LogP contribution in [-0.2, 0) is 15.7 Å². The van der Waals surface area contributed by atoms with Crippen molar-refractivity contribution in [2.45, 2.75) is 31.5 Å². The predicted molar refractivity (Wildman–Crippen MR) is 117 cm³/mol. The largest absolute Gasteiger partial charge is 0.419 e. The fourth-order valence-corrected chi connectivity index (χ4v) is 2.73. The maximum atomic E-state index is 12.9. The van der Waals surface area contributed by atoms with Crippen molar-refractivity contribution < 1.29 is 22.6 Å². The first-order valence-electron chi connectivity index (χ1n) is 9.40. The van der Waals surface area contributed by atoms with E-state index >= 15 is 0 Å². The van der Waals surface area contributed by atoms with Crippen molar-refractivity contribution in [3.63, 3.8) is 0 Å². The Hall–Kier alpha value is -1.34. The molecule has 0 amide bonds. The summed E-state index contributed by atoms with van der Waals surface area (Å²) in [6, 6.07) is 2.27. The van der Waals surface area contributed by atoms with Gasteiger partial charge in [0, 0.05) is 46.1 Å².